The number of ether oxygens (including phenoxy) is 1. The number of carbonyl (C=O) groups excluding carboxylic acids is 3. The highest BCUT2D eigenvalue weighted by atomic mass is 31.3. The van der Waals surface area contributed by atoms with Crippen LogP contribution in [-0.2, 0) is 50.7 Å². The number of hydrogen-bond acceptors (Lipinski definition) is 17. The molecule has 25 heteroatoms. The van der Waals surface area contributed by atoms with Gasteiger partial charge in [-0.15, -0.1) is 0 Å². The van der Waals surface area contributed by atoms with Gasteiger partial charge in [-0.25, -0.2) is 28.6 Å². The molecule has 1 aliphatic rings. The number of rotatable bonds is 20. The largest absolute Gasteiger partial charge is 0.481 e. The van der Waals surface area contributed by atoms with Gasteiger partial charge in [0.1, 0.15) is 47.8 Å². The van der Waals surface area contributed by atoms with E-state index in [1.807, 2.05) is 0 Å². The number of phosphoric acid groups is 3. The van der Waals surface area contributed by atoms with Gasteiger partial charge in [-0.2, -0.15) is 4.31 Å². The molecule has 7 atom stereocenters. The van der Waals surface area contributed by atoms with Gasteiger partial charge in [-0.3, -0.25) is 27.7 Å². The minimum Gasteiger partial charge on any atom is -0.386 e. The van der Waals surface area contributed by atoms with Crippen molar-refractivity contribution in [3.8, 4) is 0 Å². The second-order valence-corrected chi connectivity index (χ2v) is 16.0. The number of aliphatic hydroxyl groups is 2. The zero-order valence-electron chi connectivity index (χ0n) is 26.4. The smallest absolute Gasteiger partial charge is 0.386 e. The summed E-state index contributed by atoms with van der Waals surface area (Å²) in [7, 11) is -16.3. The minimum atomic E-state index is -5.54. The summed E-state index contributed by atoms with van der Waals surface area (Å²) < 4.78 is 61.8. The van der Waals surface area contributed by atoms with Crippen molar-refractivity contribution >= 4 is 57.8 Å². The van der Waals surface area contributed by atoms with Crippen LogP contribution in [0.4, 0.5) is 5.82 Å². The summed E-state index contributed by atoms with van der Waals surface area (Å²) in [5.74, 6) is -1.15. The van der Waals surface area contributed by atoms with Crippen molar-refractivity contribution in [2.45, 2.75) is 83.5 Å². The molecule has 22 nitrogen and oxygen atoms in total. The van der Waals surface area contributed by atoms with Crippen molar-refractivity contribution in [2.24, 2.45) is 5.41 Å². The summed E-state index contributed by atoms with van der Waals surface area (Å²) in [5, 5.41) is 21.3. The lowest BCUT2D eigenvalue weighted by Gasteiger charge is -2.30. The van der Waals surface area contributed by atoms with E-state index in [0.717, 1.165) is 17.2 Å². The van der Waals surface area contributed by atoms with Crippen LogP contribution in [0.2, 0.25) is 0 Å². The quantitative estimate of drug-likeness (QED) is 0.0901. The summed E-state index contributed by atoms with van der Waals surface area (Å²) in [6.45, 7) is 1.95. The predicted octanol–water partition coefficient (Wildman–Crippen LogP) is 0.460. The average Bonchev–Trinajstić information content (AvgIpc) is 3.54. The van der Waals surface area contributed by atoms with Crippen molar-refractivity contribution in [3.05, 3.63) is 12.7 Å². The molecule has 3 rings (SSSR count). The van der Waals surface area contributed by atoms with Gasteiger partial charge in [-0.05, 0) is 13.3 Å². The average molecular weight is 762 g/mol. The molecule has 6 unspecified atom stereocenters. The zero-order valence-corrected chi connectivity index (χ0v) is 29.1. The molecule has 1 fully saturated rings. The lowest BCUT2D eigenvalue weighted by atomic mass is 9.84. The first-order chi connectivity index (χ1) is 22.5. The molecule has 2 aromatic rings. The van der Waals surface area contributed by atoms with Crippen LogP contribution in [0.5, 0.6) is 0 Å². The van der Waals surface area contributed by atoms with Gasteiger partial charge >= 0.3 is 23.5 Å². The van der Waals surface area contributed by atoms with E-state index in [9.17, 15) is 57.9 Å². The van der Waals surface area contributed by atoms with Crippen molar-refractivity contribution in [1.29, 1.82) is 0 Å². The fourth-order valence-corrected chi connectivity index (χ4v) is 7.40. The molecule has 0 saturated carbocycles. The van der Waals surface area contributed by atoms with Crippen LogP contribution < -0.4 is 5.73 Å². The van der Waals surface area contributed by atoms with Crippen LogP contribution >= 0.6 is 23.5 Å². The summed E-state index contributed by atoms with van der Waals surface area (Å²) in [6, 6.07) is 0. The third-order valence-electron chi connectivity index (χ3n) is 7.12. The Morgan fingerprint density at radius 3 is 2.31 bits per heavy atom. The molecule has 1 aliphatic heterocycles. The highest BCUT2D eigenvalue weighted by Gasteiger charge is 2.50. The number of nitrogen functional groups attached to an aromatic ring is 1. The first-order valence-electron chi connectivity index (χ1n) is 14.4. The number of aromatic nitrogens is 4. The van der Waals surface area contributed by atoms with Crippen molar-refractivity contribution in [1.82, 2.24) is 19.5 Å². The number of phosphoric ester groups is 3. The van der Waals surface area contributed by atoms with E-state index in [1.54, 1.807) is 0 Å². The van der Waals surface area contributed by atoms with Crippen LogP contribution in [0.15, 0.2) is 12.7 Å². The molecule has 3 heterocycles. The SMILES string of the molecule is CC(=O)CCC(=O)CCCC(=O)[C@H](O)C(C)(C)COP(=O)(O)OP(=O)(O)OCC1OC(n2cnc3c(N)ncnc32)C(O)C1OP(=O)(O)O. The number of carbonyl (C=O) groups is 3. The van der Waals surface area contributed by atoms with E-state index in [4.69, 9.17) is 19.5 Å². The first kappa shape index (κ1) is 41.0. The van der Waals surface area contributed by atoms with Gasteiger partial charge < -0.3 is 45.1 Å². The molecule has 0 aliphatic carbocycles. The van der Waals surface area contributed by atoms with Crippen LogP contribution in [-0.4, -0.2) is 104 Å². The number of anilines is 1. The standard InChI is InChI=1S/C24H38N5O17P3/c1-13(30)7-8-14(31)5-4-6-15(32)20(34)24(2,3)10-43-49(40,41)46-48(38,39)42-9-16-19(45-47(35,36)37)18(33)23(44-16)29-12-28-17-21(25)26-11-27-22(17)29/h11-12,16,18-20,23,33-34H,4-10H2,1-3H3,(H,38,39)(H,40,41)(H2,25,26,27)(H2,35,36,37)/t16?,18?,19?,20-,23?/m0/s1. The number of Topliss-reactive ketones (excluding diaryl/α,β-unsaturated/α-hetero) is 3. The number of hydrogen-bond donors (Lipinski definition) is 7. The lowest BCUT2D eigenvalue weighted by molar-refractivity contribution is -0.134. The highest BCUT2D eigenvalue weighted by Crippen LogP contribution is 2.61. The van der Waals surface area contributed by atoms with E-state index in [2.05, 4.69) is 23.8 Å². The molecule has 8 N–H and O–H groups in total. The molecule has 49 heavy (non-hydrogen) atoms. The van der Waals surface area contributed by atoms with Gasteiger partial charge in [0.05, 0.1) is 19.5 Å². The molecular weight excluding hydrogens is 723 g/mol. The van der Waals surface area contributed by atoms with Crippen molar-refractivity contribution in [2.75, 3.05) is 18.9 Å². The Bertz CT molecular complexity index is 1660. The fraction of sp³-hybridized carbons (Fsp3) is 0.667. The number of fused-ring (bicyclic) bond motifs is 1. The topological polar surface area (TPSA) is 340 Å². The Morgan fingerprint density at radius 1 is 1.02 bits per heavy atom. The first-order valence-corrected chi connectivity index (χ1v) is 18.9. The molecule has 0 amide bonds. The molecular formula is C24H38N5O17P3. The lowest BCUT2D eigenvalue weighted by Crippen LogP contribution is -2.39. The van der Waals surface area contributed by atoms with Crippen LogP contribution in [0, 0.1) is 5.41 Å². The van der Waals surface area contributed by atoms with Crippen LogP contribution in [0.1, 0.15) is 59.1 Å². The van der Waals surface area contributed by atoms with E-state index in [1.165, 1.54) is 20.8 Å². The monoisotopic (exact) mass is 761 g/mol. The number of nitrogens with zero attached hydrogens (tertiary/aromatic N) is 4. The van der Waals surface area contributed by atoms with Gasteiger partial charge in [0, 0.05) is 31.1 Å². The molecule has 0 aromatic carbocycles. The maximum Gasteiger partial charge on any atom is 0.481 e. The summed E-state index contributed by atoms with van der Waals surface area (Å²) in [4.78, 5) is 86.0. The second-order valence-electron chi connectivity index (χ2n) is 11.7. The normalized spacial score (nSPS) is 23.2. The highest BCUT2D eigenvalue weighted by molar-refractivity contribution is 7.61. The fourth-order valence-electron chi connectivity index (χ4n) is 4.57. The van der Waals surface area contributed by atoms with E-state index >= 15 is 0 Å². The Labute approximate surface area is 278 Å². The zero-order chi connectivity index (χ0) is 36.9. The number of nitrogens with two attached hydrogens (primary N) is 1. The molecule has 1 saturated heterocycles. The molecule has 0 bridgehead atoms. The number of aliphatic hydroxyl groups excluding tert-OH is 2. The molecule has 2 aromatic heterocycles. The molecule has 0 radical (unpaired) electrons. The number of imidazole rings is 1. The Balaban J connectivity index is 1.59. The van der Waals surface area contributed by atoms with E-state index < -0.39 is 78.5 Å². The van der Waals surface area contributed by atoms with Crippen molar-refractivity contribution < 1.29 is 80.5 Å². The Hall–Kier alpha value is -2.39. The third-order valence-corrected chi connectivity index (χ3v) is 10.2. The maximum absolute atomic E-state index is 12.6. The van der Waals surface area contributed by atoms with Crippen molar-refractivity contribution in [3.63, 3.8) is 0 Å². The van der Waals surface area contributed by atoms with Gasteiger partial charge in [-0.1, -0.05) is 13.8 Å². The Morgan fingerprint density at radius 2 is 1.67 bits per heavy atom. The molecule has 0 spiro atoms. The summed E-state index contributed by atoms with van der Waals surface area (Å²) in [5.41, 5.74) is 4.34. The predicted molar refractivity (Wildman–Crippen MR) is 163 cm³/mol. The minimum absolute atomic E-state index is 0.00362. The summed E-state index contributed by atoms with van der Waals surface area (Å²) in [6.07, 6.45) is -6.61. The number of ketones is 3. The molecule has 276 valence electrons. The van der Waals surface area contributed by atoms with Gasteiger partial charge in [0.25, 0.3) is 0 Å². The third kappa shape index (κ3) is 11.8. The van der Waals surface area contributed by atoms with Crippen LogP contribution in [0.3, 0.4) is 0 Å². The Kier molecular flexibility index (Phi) is 13.7. The van der Waals surface area contributed by atoms with E-state index in [0.29, 0.717) is 0 Å². The second kappa shape index (κ2) is 16.3. The summed E-state index contributed by atoms with van der Waals surface area (Å²) >= 11 is 0. The van der Waals surface area contributed by atoms with Crippen LogP contribution in [0.25, 0.3) is 11.2 Å². The van der Waals surface area contributed by atoms with E-state index in [-0.39, 0.29) is 60.7 Å². The van der Waals surface area contributed by atoms with Gasteiger partial charge in [0.15, 0.2) is 23.5 Å². The maximum atomic E-state index is 12.6. The van der Waals surface area contributed by atoms with Gasteiger partial charge in [0.2, 0.25) is 0 Å².